The van der Waals surface area contributed by atoms with Crippen molar-refractivity contribution in [1.29, 1.82) is 0 Å². The molecule has 1 saturated heterocycles. The Hall–Kier alpha value is -0.960. The van der Waals surface area contributed by atoms with Crippen LogP contribution in [0.15, 0.2) is 29.2 Å². The summed E-state index contributed by atoms with van der Waals surface area (Å²) in [6.45, 7) is 0. The highest BCUT2D eigenvalue weighted by atomic mass is 32.2. The van der Waals surface area contributed by atoms with Gasteiger partial charge in [-0.3, -0.25) is 0 Å². The molecule has 140 valence electrons. The Balaban J connectivity index is 1.80. The van der Waals surface area contributed by atoms with Crippen LogP contribution in [0.4, 0.5) is 0 Å². The Labute approximate surface area is 149 Å². The number of aliphatic hydroxyl groups is 1. The van der Waals surface area contributed by atoms with Crippen molar-refractivity contribution in [3.63, 3.8) is 0 Å². The molecule has 0 amide bonds. The van der Waals surface area contributed by atoms with Crippen LogP contribution in [0.5, 0.6) is 0 Å². The minimum absolute atomic E-state index is 0.131. The van der Waals surface area contributed by atoms with Crippen LogP contribution in [0, 0.1) is 0 Å². The predicted octanol–water partition coefficient (Wildman–Crippen LogP) is 1.51. The summed E-state index contributed by atoms with van der Waals surface area (Å²) in [6, 6.07) is 5.96. The first-order valence-corrected chi connectivity index (χ1v) is 11.9. The van der Waals surface area contributed by atoms with Crippen LogP contribution in [0.2, 0.25) is 0 Å². The third kappa shape index (κ3) is 3.92. The van der Waals surface area contributed by atoms with Gasteiger partial charge in [0, 0.05) is 7.05 Å². The van der Waals surface area contributed by atoms with E-state index in [2.05, 4.69) is 0 Å². The first-order chi connectivity index (χ1) is 11.7. The van der Waals surface area contributed by atoms with Crippen LogP contribution in [-0.2, 0) is 19.9 Å². The van der Waals surface area contributed by atoms with Gasteiger partial charge in [0.05, 0.1) is 28.5 Å². The maximum atomic E-state index is 12.8. The number of sulfone groups is 1. The zero-order chi connectivity index (χ0) is 18.2. The molecule has 1 aromatic rings. The fourth-order valence-corrected chi connectivity index (χ4v) is 7.17. The summed E-state index contributed by atoms with van der Waals surface area (Å²) in [4.78, 5) is 0.131. The van der Waals surface area contributed by atoms with Crippen molar-refractivity contribution in [2.75, 3.05) is 18.6 Å². The quantitative estimate of drug-likeness (QED) is 0.846. The molecule has 1 aliphatic carbocycles. The number of hydrogen-bond acceptors (Lipinski definition) is 5. The summed E-state index contributed by atoms with van der Waals surface area (Å²) in [5.41, 5.74) is 1.16. The molecule has 2 atom stereocenters. The SMILES string of the molecule is CN([C@H]1CS(=O)(=O)C[C@@H]1O)S(=O)(=O)c1ccc(C2CCCCC2)cc1. The molecule has 0 bridgehead atoms. The van der Waals surface area contributed by atoms with Gasteiger partial charge in [0.2, 0.25) is 10.0 Å². The zero-order valence-corrected chi connectivity index (χ0v) is 16.0. The maximum absolute atomic E-state index is 12.8. The number of nitrogens with zero attached hydrogens (tertiary/aromatic N) is 1. The third-order valence-corrected chi connectivity index (χ3v) is 8.99. The molecule has 6 nitrogen and oxygen atoms in total. The van der Waals surface area contributed by atoms with E-state index in [1.807, 2.05) is 12.1 Å². The van der Waals surface area contributed by atoms with E-state index in [0.717, 1.165) is 22.7 Å². The molecule has 25 heavy (non-hydrogen) atoms. The Bertz CT molecular complexity index is 811. The Morgan fingerprint density at radius 1 is 1.04 bits per heavy atom. The third-order valence-electron chi connectivity index (χ3n) is 5.39. The lowest BCUT2D eigenvalue weighted by Gasteiger charge is -2.26. The van der Waals surface area contributed by atoms with Crippen LogP contribution in [0.3, 0.4) is 0 Å². The molecule has 2 aliphatic rings. The summed E-state index contributed by atoms with van der Waals surface area (Å²) in [7, 11) is -5.92. The van der Waals surface area contributed by atoms with Gasteiger partial charge in [-0.15, -0.1) is 0 Å². The van der Waals surface area contributed by atoms with Crippen molar-refractivity contribution in [3.8, 4) is 0 Å². The molecular formula is C17H25NO5S2. The zero-order valence-electron chi connectivity index (χ0n) is 14.3. The summed E-state index contributed by atoms with van der Waals surface area (Å²) < 4.78 is 49.9. The molecule has 0 aromatic heterocycles. The number of aliphatic hydroxyl groups excluding tert-OH is 1. The minimum Gasteiger partial charge on any atom is -0.390 e. The van der Waals surface area contributed by atoms with Crippen LogP contribution < -0.4 is 0 Å². The van der Waals surface area contributed by atoms with Gasteiger partial charge < -0.3 is 5.11 Å². The molecule has 1 heterocycles. The van der Waals surface area contributed by atoms with Gasteiger partial charge in [0.1, 0.15) is 0 Å². The van der Waals surface area contributed by atoms with Gasteiger partial charge in [-0.05, 0) is 36.5 Å². The van der Waals surface area contributed by atoms with Gasteiger partial charge in [-0.2, -0.15) is 4.31 Å². The topological polar surface area (TPSA) is 91.8 Å². The van der Waals surface area contributed by atoms with Crippen molar-refractivity contribution >= 4 is 19.9 Å². The fourth-order valence-electron chi connectivity index (χ4n) is 3.85. The monoisotopic (exact) mass is 387 g/mol. The highest BCUT2D eigenvalue weighted by Crippen LogP contribution is 2.33. The number of hydrogen-bond donors (Lipinski definition) is 1. The van der Waals surface area contributed by atoms with E-state index < -0.39 is 37.8 Å². The lowest BCUT2D eigenvalue weighted by molar-refractivity contribution is 0.137. The standard InChI is InChI=1S/C17H25NO5S2/c1-18(16-11-24(20,21)12-17(16)19)25(22,23)15-9-7-14(8-10-15)13-5-3-2-4-6-13/h7-10,13,16-17,19H,2-6,11-12H2,1H3/t16-,17-/m0/s1. The Kier molecular flexibility index (Phi) is 5.26. The van der Waals surface area contributed by atoms with Gasteiger partial charge in [-0.1, -0.05) is 31.4 Å². The molecule has 1 aliphatic heterocycles. The van der Waals surface area contributed by atoms with Crippen molar-refractivity contribution in [1.82, 2.24) is 4.31 Å². The molecule has 0 spiro atoms. The van der Waals surface area contributed by atoms with Crippen LogP contribution in [0.25, 0.3) is 0 Å². The molecule has 8 heteroatoms. The smallest absolute Gasteiger partial charge is 0.243 e. The Morgan fingerprint density at radius 2 is 1.64 bits per heavy atom. The highest BCUT2D eigenvalue weighted by Gasteiger charge is 2.43. The largest absolute Gasteiger partial charge is 0.390 e. The summed E-state index contributed by atoms with van der Waals surface area (Å²) in [5.74, 6) is -0.243. The predicted molar refractivity (Wildman–Crippen MR) is 95.7 cm³/mol. The number of likely N-dealkylation sites (N-methyl/N-ethyl adjacent to an activating group) is 1. The first-order valence-electron chi connectivity index (χ1n) is 8.67. The molecule has 2 fully saturated rings. The van der Waals surface area contributed by atoms with Crippen LogP contribution in [0.1, 0.15) is 43.6 Å². The van der Waals surface area contributed by atoms with E-state index in [4.69, 9.17) is 0 Å². The lowest BCUT2D eigenvalue weighted by atomic mass is 9.84. The van der Waals surface area contributed by atoms with Gasteiger partial charge in [0.25, 0.3) is 0 Å². The van der Waals surface area contributed by atoms with Crippen molar-refractivity contribution < 1.29 is 21.9 Å². The number of benzene rings is 1. The molecule has 1 aromatic carbocycles. The van der Waals surface area contributed by atoms with Gasteiger partial charge in [-0.25, -0.2) is 16.8 Å². The van der Waals surface area contributed by atoms with Gasteiger partial charge >= 0.3 is 0 Å². The van der Waals surface area contributed by atoms with E-state index in [0.29, 0.717) is 5.92 Å². The van der Waals surface area contributed by atoms with Crippen LogP contribution in [-0.4, -0.2) is 56.9 Å². The summed E-state index contributed by atoms with van der Waals surface area (Å²) in [5, 5.41) is 9.93. The van der Waals surface area contributed by atoms with E-state index in [1.54, 1.807) is 12.1 Å². The molecule has 0 unspecified atom stereocenters. The van der Waals surface area contributed by atoms with E-state index in [1.165, 1.54) is 26.3 Å². The molecule has 1 saturated carbocycles. The molecular weight excluding hydrogens is 362 g/mol. The second-order valence-corrected chi connectivity index (χ2v) is 11.3. The van der Waals surface area contributed by atoms with Crippen LogP contribution >= 0.6 is 0 Å². The average Bonchev–Trinajstić information content (AvgIpc) is 2.87. The van der Waals surface area contributed by atoms with Crippen molar-refractivity contribution in [2.45, 2.75) is 55.1 Å². The second kappa shape index (κ2) is 6.98. The van der Waals surface area contributed by atoms with Crippen molar-refractivity contribution in [3.05, 3.63) is 29.8 Å². The van der Waals surface area contributed by atoms with Crippen molar-refractivity contribution in [2.24, 2.45) is 0 Å². The normalized spacial score (nSPS) is 27.6. The number of sulfonamides is 1. The summed E-state index contributed by atoms with van der Waals surface area (Å²) >= 11 is 0. The average molecular weight is 388 g/mol. The first kappa shape index (κ1) is 18.8. The summed E-state index contributed by atoms with van der Waals surface area (Å²) in [6.07, 6.45) is 4.77. The maximum Gasteiger partial charge on any atom is 0.243 e. The van der Waals surface area contributed by atoms with Gasteiger partial charge in [0.15, 0.2) is 9.84 Å². The molecule has 0 radical (unpaired) electrons. The molecule has 3 rings (SSSR count). The minimum atomic E-state index is -3.84. The van der Waals surface area contributed by atoms with E-state index in [9.17, 15) is 21.9 Å². The number of rotatable bonds is 4. The Morgan fingerprint density at radius 3 is 2.16 bits per heavy atom. The van der Waals surface area contributed by atoms with E-state index in [-0.39, 0.29) is 10.6 Å². The second-order valence-electron chi connectivity index (χ2n) is 7.14. The fraction of sp³-hybridized carbons (Fsp3) is 0.647. The van der Waals surface area contributed by atoms with E-state index >= 15 is 0 Å². The molecule has 1 N–H and O–H groups in total. The highest BCUT2D eigenvalue weighted by molar-refractivity contribution is 7.92. The lowest BCUT2D eigenvalue weighted by Crippen LogP contribution is -2.44.